The molecule has 0 aliphatic heterocycles. The molecule has 0 radical (unpaired) electrons. The van der Waals surface area contributed by atoms with Gasteiger partial charge in [0.25, 0.3) is 10.2 Å². The number of nitrogens with zero attached hydrogens (tertiary/aromatic N) is 2. The quantitative estimate of drug-likeness (QED) is 0.365. The number of unbranched alkanes of at least 4 members (excludes halogenated alkanes) is 3. The minimum absolute atomic E-state index is 0.861. The molecule has 0 aromatic rings. The Kier molecular flexibility index (Phi) is 23.1. The van der Waals surface area contributed by atoms with E-state index in [9.17, 15) is 0 Å². The molecule has 0 unspecified atom stereocenters. The van der Waals surface area contributed by atoms with Crippen LogP contribution in [0.15, 0.2) is 0 Å². The first-order chi connectivity index (χ1) is 6.88. The molecule has 0 aliphatic carbocycles. The molecule has 0 saturated carbocycles. The highest BCUT2D eigenvalue weighted by Crippen LogP contribution is 1.95. The van der Waals surface area contributed by atoms with Gasteiger partial charge in [-0.05, 0) is 13.0 Å². The van der Waals surface area contributed by atoms with Gasteiger partial charge >= 0.3 is 0 Å². The third kappa shape index (κ3) is 238. The molecule has 9 heteroatoms. The first-order valence-electron chi connectivity index (χ1n) is 4.25. The fourth-order valence-electron chi connectivity index (χ4n) is 0.571. The van der Waals surface area contributed by atoms with Crippen LogP contribution in [0.2, 0.25) is 0 Å². The van der Waals surface area contributed by atoms with Gasteiger partial charge in [0.15, 0.2) is 0 Å². The summed E-state index contributed by atoms with van der Waals surface area (Å²) >= 11 is 0. The second kappa shape index (κ2) is 18.2. The van der Waals surface area contributed by atoms with Gasteiger partial charge in [0.1, 0.15) is 0 Å². The third-order valence-corrected chi connectivity index (χ3v) is 1.06. The predicted molar refractivity (Wildman–Crippen MR) is 50.8 cm³/mol. The van der Waals surface area contributed by atoms with Crippen LogP contribution in [0.4, 0.5) is 0 Å². The Balaban J connectivity index is -0.000000155. The van der Waals surface area contributed by atoms with Gasteiger partial charge in [0.2, 0.25) is 0 Å². The summed E-state index contributed by atoms with van der Waals surface area (Å²) in [7, 11) is 0. The van der Waals surface area contributed by atoms with E-state index < -0.39 is 10.2 Å². The molecule has 0 aromatic heterocycles. The fraction of sp³-hybridized carbons (Fsp3) is 1.00. The first kappa shape index (κ1) is 19.0. The largest absolute Gasteiger partial charge is 0.330 e. The van der Waals surface area contributed by atoms with Gasteiger partial charge < -0.3 is 16.1 Å². The molecule has 0 bridgehead atoms. The fourth-order valence-corrected chi connectivity index (χ4v) is 0.571. The van der Waals surface area contributed by atoms with Crippen molar-refractivity contribution < 1.29 is 20.6 Å². The Morgan fingerprint density at radius 1 is 1.07 bits per heavy atom. The molecule has 0 saturated heterocycles. The van der Waals surface area contributed by atoms with Crippen molar-refractivity contribution in [1.29, 1.82) is 0 Å². The lowest BCUT2D eigenvalue weighted by atomic mass is 10.2. The second-order valence-electron chi connectivity index (χ2n) is 2.33. The monoisotopic (exact) mass is 227 g/mol. The molecular formula is C6H17N3O6. The highest BCUT2D eigenvalue weighted by atomic mass is 16.9. The van der Waals surface area contributed by atoms with Crippen LogP contribution in [-0.2, 0) is 0 Å². The minimum Gasteiger partial charge on any atom is -0.330 e. The summed E-state index contributed by atoms with van der Waals surface area (Å²) in [5.74, 6) is 0. The Morgan fingerprint density at radius 2 is 1.40 bits per heavy atom. The van der Waals surface area contributed by atoms with Crippen LogP contribution in [0, 0.1) is 20.2 Å². The van der Waals surface area contributed by atoms with Crippen molar-refractivity contribution in [3.63, 3.8) is 0 Å². The lowest BCUT2D eigenvalue weighted by Crippen LogP contribution is -1.97. The van der Waals surface area contributed by atoms with Crippen LogP contribution in [0.25, 0.3) is 0 Å². The lowest BCUT2D eigenvalue weighted by Gasteiger charge is -1.90. The average Bonchev–Trinajstić information content (AvgIpc) is 2.03. The van der Waals surface area contributed by atoms with Gasteiger partial charge in [-0.1, -0.05) is 26.2 Å². The Hall–Kier alpha value is -1.64. The van der Waals surface area contributed by atoms with Crippen molar-refractivity contribution in [1.82, 2.24) is 0 Å². The number of hydrogen-bond donors (Lipinski definition) is 3. The Bertz CT molecular complexity index is 130. The molecule has 4 N–H and O–H groups in total. The van der Waals surface area contributed by atoms with E-state index in [0.29, 0.717) is 0 Å². The van der Waals surface area contributed by atoms with Crippen molar-refractivity contribution in [2.24, 2.45) is 5.73 Å². The molecule has 9 nitrogen and oxygen atoms in total. The normalized spacial score (nSPS) is 7.60. The highest BCUT2D eigenvalue weighted by Gasteiger charge is 1.80. The van der Waals surface area contributed by atoms with Gasteiger partial charge in [-0.3, -0.25) is 0 Å². The summed E-state index contributed by atoms with van der Waals surface area (Å²) in [4.78, 5) is 16.7. The third-order valence-electron chi connectivity index (χ3n) is 1.06. The molecule has 0 aliphatic rings. The summed E-state index contributed by atoms with van der Waals surface area (Å²) < 4.78 is 0. The number of hydrogen-bond acceptors (Lipinski definition) is 5. The molecule has 92 valence electrons. The zero-order valence-electron chi connectivity index (χ0n) is 8.53. The molecular weight excluding hydrogens is 210 g/mol. The maximum absolute atomic E-state index is 8.36. The van der Waals surface area contributed by atoms with Gasteiger partial charge in [-0.25, -0.2) is 0 Å². The zero-order valence-corrected chi connectivity index (χ0v) is 8.53. The summed E-state index contributed by atoms with van der Waals surface area (Å²) in [6.07, 6.45) is 5.16. The molecule has 0 atom stereocenters. The number of nitrogens with two attached hydrogens (primary N) is 1. The van der Waals surface area contributed by atoms with Gasteiger partial charge in [0.05, 0.1) is 0 Å². The van der Waals surface area contributed by atoms with Crippen LogP contribution < -0.4 is 5.73 Å². The average molecular weight is 227 g/mol. The van der Waals surface area contributed by atoms with Crippen LogP contribution >= 0.6 is 0 Å². The smallest absolute Gasteiger partial charge is 0.291 e. The van der Waals surface area contributed by atoms with E-state index in [2.05, 4.69) is 6.92 Å². The molecule has 15 heavy (non-hydrogen) atoms. The molecule has 0 spiro atoms. The maximum Gasteiger partial charge on any atom is 0.291 e. The van der Waals surface area contributed by atoms with E-state index in [0.717, 1.165) is 6.54 Å². The standard InChI is InChI=1S/C6H15N.2HNO3/c1-2-3-4-5-6-7;2*2-1(3)4/h2-7H2,1H3;2*(H,2,3,4). The lowest BCUT2D eigenvalue weighted by molar-refractivity contribution is -0.742. The highest BCUT2D eigenvalue weighted by molar-refractivity contribution is 4.38. The Morgan fingerprint density at radius 3 is 1.60 bits per heavy atom. The van der Waals surface area contributed by atoms with E-state index in [4.69, 9.17) is 36.4 Å². The summed E-state index contributed by atoms with van der Waals surface area (Å²) in [5, 5.41) is 27.3. The zero-order chi connectivity index (χ0) is 12.7. The second-order valence-corrected chi connectivity index (χ2v) is 2.33. The molecule has 0 rings (SSSR count). The topological polar surface area (TPSA) is 153 Å². The van der Waals surface area contributed by atoms with E-state index in [-0.39, 0.29) is 0 Å². The van der Waals surface area contributed by atoms with E-state index >= 15 is 0 Å². The predicted octanol–water partition coefficient (Wildman–Crippen LogP) is 0.830. The van der Waals surface area contributed by atoms with Crippen molar-refractivity contribution in [2.45, 2.75) is 32.6 Å². The SMILES string of the molecule is CCCCCCN.O=[N+]([O-])O.O=[N+]([O-])O. The minimum atomic E-state index is -1.50. The molecule has 0 fully saturated rings. The Labute approximate surface area is 86.7 Å². The molecule has 0 heterocycles. The summed E-state index contributed by atoms with van der Waals surface area (Å²) in [6, 6.07) is 0. The van der Waals surface area contributed by atoms with Crippen molar-refractivity contribution in [3.8, 4) is 0 Å². The van der Waals surface area contributed by atoms with Crippen LogP contribution in [0.5, 0.6) is 0 Å². The first-order valence-corrected chi connectivity index (χ1v) is 4.25. The van der Waals surface area contributed by atoms with Crippen LogP contribution in [0.3, 0.4) is 0 Å². The van der Waals surface area contributed by atoms with Gasteiger partial charge in [0, 0.05) is 0 Å². The van der Waals surface area contributed by atoms with Crippen LogP contribution in [-0.4, -0.2) is 27.1 Å². The maximum atomic E-state index is 8.36. The van der Waals surface area contributed by atoms with Gasteiger partial charge in [-0.15, -0.1) is 20.2 Å². The van der Waals surface area contributed by atoms with E-state index in [1.54, 1.807) is 0 Å². The van der Waals surface area contributed by atoms with E-state index in [1.807, 2.05) is 0 Å². The number of rotatable bonds is 4. The van der Waals surface area contributed by atoms with Crippen molar-refractivity contribution in [3.05, 3.63) is 20.2 Å². The summed E-state index contributed by atoms with van der Waals surface area (Å²) in [6.45, 7) is 3.07. The van der Waals surface area contributed by atoms with Crippen molar-refractivity contribution in [2.75, 3.05) is 6.54 Å². The molecule has 0 amide bonds. The summed E-state index contributed by atoms with van der Waals surface area (Å²) in [5.41, 5.74) is 5.27. The van der Waals surface area contributed by atoms with Gasteiger partial charge in [-0.2, -0.15) is 0 Å². The van der Waals surface area contributed by atoms with E-state index in [1.165, 1.54) is 25.7 Å². The van der Waals surface area contributed by atoms with Crippen molar-refractivity contribution >= 4 is 0 Å². The molecule has 0 aromatic carbocycles. The van der Waals surface area contributed by atoms with Crippen LogP contribution in [0.1, 0.15) is 32.6 Å².